The largest absolute Gasteiger partial charge is 0.468 e. The summed E-state index contributed by atoms with van der Waals surface area (Å²) in [7, 11) is 2.07. The number of nitrogens with zero attached hydrogens (tertiary/aromatic N) is 1. The number of furan rings is 1. The van der Waals surface area contributed by atoms with Gasteiger partial charge in [-0.1, -0.05) is 11.6 Å². The Hall–Kier alpha value is -0.810. The van der Waals surface area contributed by atoms with Crippen molar-refractivity contribution in [3.8, 4) is 0 Å². The van der Waals surface area contributed by atoms with Crippen LogP contribution in [0.1, 0.15) is 16.2 Å². The topological polar surface area (TPSA) is 42.4 Å². The number of nitrogens with two attached hydrogens (primary N) is 1. The Morgan fingerprint density at radius 2 is 2.18 bits per heavy atom. The molecular weight excluding hydrogens is 256 g/mol. The summed E-state index contributed by atoms with van der Waals surface area (Å²) >= 11 is 7.52. The average molecular weight is 271 g/mol. The number of hydrogen-bond acceptors (Lipinski definition) is 4. The molecule has 0 saturated carbocycles. The van der Waals surface area contributed by atoms with E-state index in [4.69, 9.17) is 21.8 Å². The minimum atomic E-state index is 0.445. The van der Waals surface area contributed by atoms with Crippen LogP contribution in [0, 0.1) is 0 Å². The molecule has 0 bridgehead atoms. The molecule has 2 N–H and O–H groups in total. The van der Waals surface area contributed by atoms with Gasteiger partial charge in [0.05, 0.1) is 17.1 Å². The van der Waals surface area contributed by atoms with Crippen LogP contribution in [0.5, 0.6) is 0 Å². The molecule has 0 unspecified atom stereocenters. The molecule has 5 heteroatoms. The predicted octanol–water partition coefficient (Wildman–Crippen LogP) is 3.09. The van der Waals surface area contributed by atoms with E-state index in [1.807, 2.05) is 12.1 Å². The smallest absolute Gasteiger partial charge is 0.121 e. The van der Waals surface area contributed by atoms with Gasteiger partial charge in [-0.15, -0.1) is 11.3 Å². The first-order valence-corrected chi connectivity index (χ1v) is 6.56. The summed E-state index contributed by atoms with van der Waals surface area (Å²) in [6, 6.07) is 5.96. The van der Waals surface area contributed by atoms with E-state index >= 15 is 0 Å². The zero-order chi connectivity index (χ0) is 12.3. The van der Waals surface area contributed by atoms with Crippen molar-refractivity contribution in [3.63, 3.8) is 0 Å². The van der Waals surface area contributed by atoms with Crippen LogP contribution >= 0.6 is 22.9 Å². The van der Waals surface area contributed by atoms with Crippen molar-refractivity contribution in [1.82, 2.24) is 4.90 Å². The van der Waals surface area contributed by atoms with E-state index in [9.17, 15) is 0 Å². The normalized spacial score (nSPS) is 11.3. The monoisotopic (exact) mass is 270 g/mol. The molecule has 2 heterocycles. The van der Waals surface area contributed by atoms with Gasteiger partial charge in [-0.25, -0.2) is 0 Å². The van der Waals surface area contributed by atoms with Crippen molar-refractivity contribution in [2.45, 2.75) is 19.6 Å². The molecule has 2 aromatic heterocycles. The van der Waals surface area contributed by atoms with E-state index in [1.54, 1.807) is 17.6 Å². The van der Waals surface area contributed by atoms with Crippen LogP contribution in [0.4, 0.5) is 0 Å². The second kappa shape index (κ2) is 5.69. The van der Waals surface area contributed by atoms with Crippen molar-refractivity contribution in [2.75, 3.05) is 7.05 Å². The van der Waals surface area contributed by atoms with Crippen molar-refractivity contribution in [1.29, 1.82) is 0 Å². The van der Waals surface area contributed by atoms with Crippen LogP contribution in [0.3, 0.4) is 0 Å². The van der Waals surface area contributed by atoms with Gasteiger partial charge in [0.25, 0.3) is 0 Å². The molecular formula is C12H15ClN2OS. The molecule has 0 aliphatic rings. The summed E-state index contributed by atoms with van der Waals surface area (Å²) in [6.45, 7) is 2.16. The van der Waals surface area contributed by atoms with Gasteiger partial charge in [-0.2, -0.15) is 0 Å². The van der Waals surface area contributed by atoms with Crippen LogP contribution in [0.2, 0.25) is 4.34 Å². The molecule has 0 aliphatic carbocycles. The molecule has 0 aliphatic heterocycles. The SMILES string of the molecule is CN(Cc1ccc(Cl)s1)Cc1ccoc1CN. The Kier molecular flexibility index (Phi) is 4.23. The first-order chi connectivity index (χ1) is 8.19. The summed E-state index contributed by atoms with van der Waals surface area (Å²) in [5, 5.41) is 0. The third-order valence-corrected chi connectivity index (χ3v) is 3.73. The summed E-state index contributed by atoms with van der Waals surface area (Å²) in [5.41, 5.74) is 6.75. The second-order valence-electron chi connectivity index (χ2n) is 3.95. The average Bonchev–Trinajstić information content (AvgIpc) is 2.87. The van der Waals surface area contributed by atoms with Crippen LogP contribution in [-0.4, -0.2) is 11.9 Å². The predicted molar refractivity (Wildman–Crippen MR) is 71.1 cm³/mol. The van der Waals surface area contributed by atoms with Crippen molar-refractivity contribution >= 4 is 22.9 Å². The van der Waals surface area contributed by atoms with Gasteiger partial charge in [0.2, 0.25) is 0 Å². The first kappa shape index (κ1) is 12.6. The Morgan fingerprint density at radius 3 is 2.82 bits per heavy atom. The van der Waals surface area contributed by atoms with E-state index in [1.165, 1.54) is 4.88 Å². The maximum absolute atomic E-state index is 5.90. The fourth-order valence-electron chi connectivity index (χ4n) is 1.74. The molecule has 3 nitrogen and oxygen atoms in total. The lowest BCUT2D eigenvalue weighted by Crippen LogP contribution is -2.17. The minimum absolute atomic E-state index is 0.445. The highest BCUT2D eigenvalue weighted by molar-refractivity contribution is 7.16. The third-order valence-electron chi connectivity index (χ3n) is 2.52. The number of halogens is 1. The standard InChI is InChI=1S/C12H15ClN2OS/c1-15(8-10-2-3-12(13)17-10)7-9-4-5-16-11(9)6-14/h2-5H,6-8,14H2,1H3. The molecule has 0 radical (unpaired) electrons. The Bertz CT molecular complexity index is 480. The third kappa shape index (κ3) is 3.33. The van der Waals surface area contributed by atoms with Crippen LogP contribution < -0.4 is 5.73 Å². The van der Waals surface area contributed by atoms with E-state index in [0.29, 0.717) is 6.54 Å². The maximum Gasteiger partial charge on any atom is 0.121 e. The Labute approximate surface area is 110 Å². The van der Waals surface area contributed by atoms with Crippen LogP contribution in [0.15, 0.2) is 28.9 Å². The zero-order valence-corrected chi connectivity index (χ0v) is 11.2. The first-order valence-electron chi connectivity index (χ1n) is 5.37. The van der Waals surface area contributed by atoms with Crippen molar-refractivity contribution < 1.29 is 4.42 Å². The molecule has 0 saturated heterocycles. The molecule has 92 valence electrons. The molecule has 0 spiro atoms. The van der Waals surface area contributed by atoms with Gasteiger partial charge in [0.15, 0.2) is 0 Å². The lowest BCUT2D eigenvalue weighted by molar-refractivity contribution is 0.318. The fourth-order valence-corrected chi connectivity index (χ4v) is 2.90. The van der Waals surface area contributed by atoms with E-state index in [2.05, 4.69) is 18.0 Å². The highest BCUT2D eigenvalue weighted by Crippen LogP contribution is 2.23. The Balaban J connectivity index is 1.95. The quantitative estimate of drug-likeness (QED) is 0.908. The van der Waals surface area contributed by atoms with Crippen molar-refractivity contribution in [2.24, 2.45) is 5.73 Å². The van der Waals surface area contributed by atoms with Crippen LogP contribution in [0.25, 0.3) is 0 Å². The van der Waals surface area contributed by atoms with Gasteiger partial charge in [-0.05, 0) is 25.2 Å². The molecule has 0 fully saturated rings. The Morgan fingerprint density at radius 1 is 1.35 bits per heavy atom. The van der Waals surface area contributed by atoms with Crippen LogP contribution in [-0.2, 0) is 19.6 Å². The number of hydrogen-bond donors (Lipinski definition) is 1. The number of rotatable bonds is 5. The molecule has 0 atom stereocenters. The highest BCUT2D eigenvalue weighted by atomic mass is 35.5. The van der Waals surface area contributed by atoms with E-state index in [0.717, 1.165) is 28.7 Å². The van der Waals surface area contributed by atoms with Crippen molar-refractivity contribution in [3.05, 3.63) is 45.0 Å². The zero-order valence-electron chi connectivity index (χ0n) is 9.65. The summed E-state index contributed by atoms with van der Waals surface area (Å²) < 4.78 is 6.13. The lowest BCUT2D eigenvalue weighted by atomic mass is 10.2. The van der Waals surface area contributed by atoms with Gasteiger partial charge >= 0.3 is 0 Å². The van der Waals surface area contributed by atoms with Gasteiger partial charge in [0.1, 0.15) is 5.76 Å². The molecule has 0 amide bonds. The van der Waals surface area contributed by atoms with Gasteiger partial charge in [-0.3, -0.25) is 4.90 Å². The molecule has 2 aromatic rings. The highest BCUT2D eigenvalue weighted by Gasteiger charge is 2.09. The van der Waals surface area contributed by atoms with E-state index in [-0.39, 0.29) is 0 Å². The molecule has 0 aromatic carbocycles. The second-order valence-corrected chi connectivity index (χ2v) is 5.75. The summed E-state index contributed by atoms with van der Waals surface area (Å²) in [5.74, 6) is 0.862. The lowest BCUT2D eigenvalue weighted by Gasteiger charge is -2.15. The minimum Gasteiger partial charge on any atom is -0.468 e. The fraction of sp³-hybridized carbons (Fsp3) is 0.333. The van der Waals surface area contributed by atoms with Gasteiger partial charge < -0.3 is 10.2 Å². The van der Waals surface area contributed by atoms with Gasteiger partial charge in [0, 0.05) is 23.5 Å². The maximum atomic E-state index is 5.90. The molecule has 2 rings (SSSR count). The summed E-state index contributed by atoms with van der Waals surface area (Å²) in [6.07, 6.45) is 1.69. The summed E-state index contributed by atoms with van der Waals surface area (Å²) in [4.78, 5) is 3.47. The molecule has 17 heavy (non-hydrogen) atoms. The van der Waals surface area contributed by atoms with E-state index < -0.39 is 0 Å². The number of thiophene rings is 1.